The molecule has 0 atom stereocenters. The molecule has 0 aromatic heterocycles. The van der Waals surface area contributed by atoms with Gasteiger partial charge in [0.15, 0.2) is 0 Å². The molecule has 2 aromatic carbocycles. The van der Waals surface area contributed by atoms with Gasteiger partial charge in [-0.2, -0.15) is 0 Å². The quantitative estimate of drug-likeness (QED) is 0.692. The predicted octanol–water partition coefficient (Wildman–Crippen LogP) is 4.60. The summed E-state index contributed by atoms with van der Waals surface area (Å²) < 4.78 is 0. The SMILES string of the molecule is Cc1ccc(NC(=O)CNc2cc(NC(=O)C(C)C)ccc2C)c(Cl)c1. The summed E-state index contributed by atoms with van der Waals surface area (Å²) in [6, 6.07) is 11.0. The average Bonchev–Trinajstić information content (AvgIpc) is 2.57. The lowest BCUT2D eigenvalue weighted by atomic mass is 10.1. The molecule has 2 rings (SSSR count). The van der Waals surface area contributed by atoms with Crippen LogP contribution in [0.4, 0.5) is 17.1 Å². The van der Waals surface area contributed by atoms with Crippen molar-refractivity contribution < 1.29 is 9.59 Å². The lowest BCUT2D eigenvalue weighted by Gasteiger charge is -2.14. The van der Waals surface area contributed by atoms with Crippen LogP contribution in [0.15, 0.2) is 36.4 Å². The zero-order chi connectivity index (χ0) is 19.3. The molecular weight excluding hydrogens is 350 g/mol. The fraction of sp³-hybridized carbons (Fsp3) is 0.300. The first-order chi connectivity index (χ1) is 12.3. The summed E-state index contributed by atoms with van der Waals surface area (Å²) in [7, 11) is 0. The summed E-state index contributed by atoms with van der Waals surface area (Å²) in [5.41, 5.74) is 4.07. The van der Waals surface area contributed by atoms with Gasteiger partial charge in [-0.15, -0.1) is 0 Å². The molecule has 0 heterocycles. The van der Waals surface area contributed by atoms with Gasteiger partial charge in [0.05, 0.1) is 17.3 Å². The van der Waals surface area contributed by atoms with Gasteiger partial charge in [0.1, 0.15) is 0 Å². The summed E-state index contributed by atoms with van der Waals surface area (Å²) in [5, 5.41) is 9.25. The number of hydrogen-bond acceptors (Lipinski definition) is 3. The van der Waals surface area contributed by atoms with E-state index >= 15 is 0 Å². The maximum absolute atomic E-state index is 12.2. The lowest BCUT2D eigenvalue weighted by molar-refractivity contribution is -0.119. The number of anilines is 3. The van der Waals surface area contributed by atoms with Gasteiger partial charge in [0.25, 0.3) is 0 Å². The van der Waals surface area contributed by atoms with Crippen molar-refractivity contribution >= 4 is 40.5 Å². The van der Waals surface area contributed by atoms with E-state index < -0.39 is 0 Å². The first-order valence-corrected chi connectivity index (χ1v) is 8.85. The second kappa shape index (κ2) is 8.72. The number of nitrogens with one attached hydrogen (secondary N) is 3. The predicted molar refractivity (Wildman–Crippen MR) is 108 cm³/mol. The van der Waals surface area contributed by atoms with Crippen LogP contribution in [0.3, 0.4) is 0 Å². The van der Waals surface area contributed by atoms with Crippen molar-refractivity contribution in [3.05, 3.63) is 52.5 Å². The number of rotatable bonds is 6. The summed E-state index contributed by atoms with van der Waals surface area (Å²) in [6.45, 7) is 7.64. The van der Waals surface area contributed by atoms with Crippen LogP contribution in [0.2, 0.25) is 5.02 Å². The Hall–Kier alpha value is -2.53. The maximum Gasteiger partial charge on any atom is 0.243 e. The summed E-state index contributed by atoms with van der Waals surface area (Å²) in [6.07, 6.45) is 0. The van der Waals surface area contributed by atoms with Gasteiger partial charge in [-0.3, -0.25) is 9.59 Å². The second-order valence-electron chi connectivity index (χ2n) is 6.56. The smallest absolute Gasteiger partial charge is 0.243 e. The molecule has 0 unspecified atom stereocenters. The van der Waals surface area contributed by atoms with Crippen LogP contribution >= 0.6 is 11.6 Å². The van der Waals surface area contributed by atoms with Gasteiger partial charge in [0.2, 0.25) is 11.8 Å². The highest BCUT2D eigenvalue weighted by atomic mass is 35.5. The van der Waals surface area contributed by atoms with Gasteiger partial charge in [0, 0.05) is 17.3 Å². The van der Waals surface area contributed by atoms with Crippen molar-refractivity contribution in [3.63, 3.8) is 0 Å². The Balaban J connectivity index is 1.99. The Morgan fingerprint density at radius 2 is 1.73 bits per heavy atom. The van der Waals surface area contributed by atoms with Gasteiger partial charge >= 0.3 is 0 Å². The molecule has 0 aliphatic heterocycles. The molecule has 138 valence electrons. The van der Waals surface area contributed by atoms with E-state index in [1.165, 1.54) is 0 Å². The molecule has 5 nitrogen and oxygen atoms in total. The number of carbonyl (C=O) groups excluding carboxylic acids is 2. The molecule has 0 radical (unpaired) electrons. The number of aryl methyl sites for hydroxylation is 2. The summed E-state index contributed by atoms with van der Waals surface area (Å²) in [5.74, 6) is -0.351. The average molecular weight is 374 g/mol. The lowest BCUT2D eigenvalue weighted by Crippen LogP contribution is -2.22. The van der Waals surface area contributed by atoms with E-state index in [-0.39, 0.29) is 24.3 Å². The molecule has 6 heteroatoms. The molecule has 3 N–H and O–H groups in total. The molecule has 0 aliphatic rings. The van der Waals surface area contributed by atoms with Crippen LogP contribution in [0.5, 0.6) is 0 Å². The highest BCUT2D eigenvalue weighted by Gasteiger charge is 2.10. The molecular formula is C20H24ClN3O2. The van der Waals surface area contributed by atoms with Gasteiger partial charge < -0.3 is 16.0 Å². The molecule has 0 saturated carbocycles. The van der Waals surface area contributed by atoms with Crippen molar-refractivity contribution in [1.82, 2.24) is 0 Å². The topological polar surface area (TPSA) is 70.2 Å². The fourth-order valence-electron chi connectivity index (χ4n) is 2.27. The van der Waals surface area contributed by atoms with Gasteiger partial charge in [-0.1, -0.05) is 37.6 Å². The van der Waals surface area contributed by atoms with E-state index in [0.29, 0.717) is 16.4 Å². The number of halogens is 1. The minimum Gasteiger partial charge on any atom is -0.376 e. The number of carbonyl (C=O) groups is 2. The molecule has 0 bridgehead atoms. The first-order valence-electron chi connectivity index (χ1n) is 8.47. The van der Waals surface area contributed by atoms with Crippen LogP contribution in [-0.2, 0) is 9.59 Å². The van der Waals surface area contributed by atoms with Crippen molar-refractivity contribution in [2.24, 2.45) is 5.92 Å². The fourth-order valence-corrected chi connectivity index (χ4v) is 2.55. The van der Waals surface area contributed by atoms with Crippen molar-refractivity contribution in [1.29, 1.82) is 0 Å². The molecule has 0 spiro atoms. The zero-order valence-electron chi connectivity index (χ0n) is 15.4. The van der Waals surface area contributed by atoms with Crippen LogP contribution in [0, 0.1) is 19.8 Å². The Morgan fingerprint density at radius 1 is 1.00 bits per heavy atom. The van der Waals surface area contributed by atoms with Crippen molar-refractivity contribution in [2.45, 2.75) is 27.7 Å². The van der Waals surface area contributed by atoms with E-state index in [0.717, 1.165) is 16.8 Å². The van der Waals surface area contributed by atoms with E-state index in [2.05, 4.69) is 16.0 Å². The highest BCUT2D eigenvalue weighted by molar-refractivity contribution is 6.33. The van der Waals surface area contributed by atoms with E-state index in [1.807, 2.05) is 52.0 Å². The minimum atomic E-state index is -0.202. The van der Waals surface area contributed by atoms with Crippen molar-refractivity contribution in [3.8, 4) is 0 Å². The molecule has 2 amide bonds. The van der Waals surface area contributed by atoms with E-state index in [4.69, 9.17) is 11.6 Å². The highest BCUT2D eigenvalue weighted by Crippen LogP contribution is 2.23. The monoisotopic (exact) mass is 373 g/mol. The normalized spacial score (nSPS) is 10.5. The van der Waals surface area contributed by atoms with Crippen molar-refractivity contribution in [2.75, 3.05) is 22.5 Å². The Bertz CT molecular complexity index is 819. The Morgan fingerprint density at radius 3 is 2.38 bits per heavy atom. The van der Waals surface area contributed by atoms with Crippen LogP contribution < -0.4 is 16.0 Å². The second-order valence-corrected chi connectivity index (χ2v) is 6.97. The third-order valence-electron chi connectivity index (χ3n) is 3.87. The first kappa shape index (κ1) is 19.8. The summed E-state index contributed by atoms with van der Waals surface area (Å²) in [4.78, 5) is 24.0. The molecule has 2 aromatic rings. The molecule has 0 saturated heterocycles. The van der Waals surface area contributed by atoms with Gasteiger partial charge in [-0.05, 0) is 49.2 Å². The van der Waals surface area contributed by atoms with E-state index in [9.17, 15) is 9.59 Å². The van der Waals surface area contributed by atoms with Crippen LogP contribution in [0.1, 0.15) is 25.0 Å². The Kier molecular flexibility index (Phi) is 6.64. The number of hydrogen-bond donors (Lipinski definition) is 3. The minimum absolute atomic E-state index is 0.0495. The van der Waals surface area contributed by atoms with Crippen LogP contribution in [0.25, 0.3) is 0 Å². The zero-order valence-corrected chi connectivity index (χ0v) is 16.2. The third kappa shape index (κ3) is 5.49. The van der Waals surface area contributed by atoms with Gasteiger partial charge in [-0.25, -0.2) is 0 Å². The number of benzene rings is 2. The third-order valence-corrected chi connectivity index (χ3v) is 4.18. The molecule has 26 heavy (non-hydrogen) atoms. The van der Waals surface area contributed by atoms with Crippen LogP contribution in [-0.4, -0.2) is 18.4 Å². The molecule has 0 aliphatic carbocycles. The van der Waals surface area contributed by atoms with E-state index in [1.54, 1.807) is 12.1 Å². The summed E-state index contributed by atoms with van der Waals surface area (Å²) >= 11 is 6.14. The molecule has 0 fully saturated rings. The standard InChI is InChI=1S/C20H24ClN3O2/c1-12(2)20(26)23-15-7-6-14(4)18(10-15)22-11-19(25)24-17-8-5-13(3)9-16(17)21/h5-10,12,22H,11H2,1-4H3,(H,23,26)(H,24,25). The number of amides is 2. The maximum atomic E-state index is 12.2. The Labute approximate surface area is 159 Å². The largest absolute Gasteiger partial charge is 0.376 e.